The maximum atomic E-state index is 12.3. The first kappa shape index (κ1) is 21.4. The zero-order chi connectivity index (χ0) is 21.7. The second-order valence-corrected chi connectivity index (χ2v) is 8.44. The second-order valence-electron chi connectivity index (χ2n) is 5.93. The Balaban J connectivity index is 1.62. The van der Waals surface area contributed by atoms with Crippen LogP contribution in [-0.4, -0.2) is 34.8 Å². The van der Waals surface area contributed by atoms with E-state index in [1.807, 2.05) is 0 Å². The van der Waals surface area contributed by atoms with E-state index in [1.54, 1.807) is 18.2 Å². The minimum Gasteiger partial charge on any atom is -0.340 e. The Morgan fingerprint density at radius 2 is 1.77 bits per heavy atom. The van der Waals surface area contributed by atoms with Gasteiger partial charge in [-0.05, 0) is 42.5 Å². The molecule has 10 nitrogen and oxygen atoms in total. The Kier molecular flexibility index (Phi) is 6.40. The van der Waals surface area contributed by atoms with Gasteiger partial charge in [0.1, 0.15) is 5.82 Å². The number of hydrogen-bond acceptors (Lipinski definition) is 9. The number of Topliss-reactive ketones (excluding diaryl/α,β-unsaturated/α-hetero) is 1. The topological polar surface area (TPSA) is 158 Å². The van der Waals surface area contributed by atoms with E-state index >= 15 is 0 Å². The number of nitrogens with one attached hydrogen (secondary N) is 1. The lowest BCUT2D eigenvalue weighted by molar-refractivity contribution is -0.384. The van der Waals surface area contributed by atoms with Crippen molar-refractivity contribution in [1.29, 1.82) is 0 Å². The number of ketones is 1. The molecule has 0 bridgehead atoms. The van der Waals surface area contributed by atoms with Crippen LogP contribution >= 0.6 is 11.8 Å². The van der Waals surface area contributed by atoms with Crippen molar-refractivity contribution in [2.45, 2.75) is 10.1 Å². The highest BCUT2D eigenvalue weighted by molar-refractivity contribution is 7.99. The van der Waals surface area contributed by atoms with Crippen molar-refractivity contribution in [3.8, 4) is 0 Å². The summed E-state index contributed by atoms with van der Waals surface area (Å²) in [5.41, 5.74) is 0.870. The van der Waals surface area contributed by atoms with Crippen molar-refractivity contribution < 1.29 is 18.1 Å². The van der Waals surface area contributed by atoms with Crippen LogP contribution < -0.4 is 10.5 Å². The van der Waals surface area contributed by atoms with E-state index in [4.69, 9.17) is 5.14 Å². The van der Waals surface area contributed by atoms with E-state index in [2.05, 4.69) is 15.3 Å². The number of benzene rings is 2. The van der Waals surface area contributed by atoms with E-state index in [-0.39, 0.29) is 22.1 Å². The zero-order valence-corrected chi connectivity index (χ0v) is 16.9. The number of anilines is 2. The van der Waals surface area contributed by atoms with Gasteiger partial charge in [0.15, 0.2) is 10.9 Å². The van der Waals surface area contributed by atoms with Crippen LogP contribution in [-0.2, 0) is 10.0 Å². The molecule has 0 fully saturated rings. The lowest BCUT2D eigenvalue weighted by Gasteiger charge is -2.07. The van der Waals surface area contributed by atoms with Crippen LogP contribution in [0.25, 0.3) is 0 Å². The van der Waals surface area contributed by atoms with Crippen LogP contribution in [0.15, 0.2) is 70.8 Å². The van der Waals surface area contributed by atoms with Gasteiger partial charge >= 0.3 is 0 Å². The van der Waals surface area contributed by atoms with E-state index in [1.165, 1.54) is 42.6 Å². The molecule has 12 heteroatoms. The number of thioether (sulfide) groups is 1. The summed E-state index contributed by atoms with van der Waals surface area (Å²) in [6.07, 6.45) is 1.52. The van der Waals surface area contributed by atoms with Crippen molar-refractivity contribution >= 4 is 44.8 Å². The highest BCUT2D eigenvalue weighted by Crippen LogP contribution is 2.21. The minimum atomic E-state index is -3.77. The predicted octanol–water partition coefficient (Wildman–Crippen LogP) is 2.75. The number of carbonyl (C=O) groups is 1. The van der Waals surface area contributed by atoms with Crippen LogP contribution in [0.3, 0.4) is 0 Å². The average Bonchev–Trinajstić information content (AvgIpc) is 2.72. The number of rotatable bonds is 8. The molecule has 0 saturated carbocycles. The van der Waals surface area contributed by atoms with E-state index in [0.717, 1.165) is 11.8 Å². The summed E-state index contributed by atoms with van der Waals surface area (Å²) in [6.45, 7) is 0. The molecule has 0 atom stereocenters. The van der Waals surface area contributed by atoms with Gasteiger partial charge in [-0.3, -0.25) is 14.9 Å². The summed E-state index contributed by atoms with van der Waals surface area (Å²) < 4.78 is 22.6. The zero-order valence-electron chi connectivity index (χ0n) is 15.3. The third-order valence-corrected chi connectivity index (χ3v) is 5.61. The second kappa shape index (κ2) is 8.98. The van der Waals surface area contributed by atoms with Gasteiger partial charge in [-0.2, -0.15) is 0 Å². The Labute approximate surface area is 175 Å². The number of hydrogen-bond donors (Lipinski definition) is 2. The standard InChI is InChI=1S/C18H15N5O5S2/c19-30(27,28)15-7-3-13(4-8-15)21-17-9-10-20-18(22-17)29-11-16(24)12-1-5-14(6-2-12)23(25)26/h1-10H,11H2,(H2,19,27,28)(H,20,21,22). The van der Waals surface area contributed by atoms with Gasteiger partial charge in [0, 0.05) is 29.6 Å². The van der Waals surface area contributed by atoms with Gasteiger partial charge in [0.25, 0.3) is 5.69 Å². The predicted molar refractivity (Wildman–Crippen MR) is 111 cm³/mol. The molecule has 0 aliphatic carbocycles. The highest BCUT2D eigenvalue weighted by atomic mass is 32.2. The number of nitro groups is 1. The fourth-order valence-electron chi connectivity index (χ4n) is 2.34. The number of aromatic nitrogens is 2. The molecule has 3 N–H and O–H groups in total. The van der Waals surface area contributed by atoms with Gasteiger partial charge in [0.05, 0.1) is 15.6 Å². The minimum absolute atomic E-state index is 0.00302. The van der Waals surface area contributed by atoms with Crippen molar-refractivity contribution in [2.24, 2.45) is 5.14 Å². The molecule has 3 aromatic rings. The molecule has 0 amide bonds. The lowest BCUT2D eigenvalue weighted by Crippen LogP contribution is -2.11. The number of nitrogens with zero attached hydrogens (tertiary/aromatic N) is 3. The van der Waals surface area contributed by atoms with Crippen LogP contribution in [0, 0.1) is 10.1 Å². The third-order valence-electron chi connectivity index (χ3n) is 3.82. The number of carbonyl (C=O) groups excluding carboxylic acids is 1. The van der Waals surface area contributed by atoms with Crippen LogP contribution in [0.4, 0.5) is 17.2 Å². The number of non-ortho nitro benzene ring substituents is 1. The maximum absolute atomic E-state index is 12.3. The Morgan fingerprint density at radius 1 is 1.10 bits per heavy atom. The summed E-state index contributed by atoms with van der Waals surface area (Å²) in [4.78, 5) is 30.8. The van der Waals surface area contributed by atoms with E-state index in [0.29, 0.717) is 22.2 Å². The summed E-state index contributed by atoms with van der Waals surface area (Å²) in [6, 6.07) is 12.8. The molecule has 0 radical (unpaired) electrons. The third kappa shape index (κ3) is 5.59. The molecule has 0 aliphatic rings. The fourth-order valence-corrected chi connectivity index (χ4v) is 3.58. The first-order chi connectivity index (χ1) is 14.2. The van der Waals surface area contributed by atoms with Crippen LogP contribution in [0.1, 0.15) is 10.4 Å². The van der Waals surface area contributed by atoms with Gasteiger partial charge in [0.2, 0.25) is 10.0 Å². The van der Waals surface area contributed by atoms with E-state index in [9.17, 15) is 23.3 Å². The number of nitrogens with two attached hydrogens (primary N) is 1. The molecule has 1 heterocycles. The van der Waals surface area contributed by atoms with Crippen molar-refractivity contribution in [2.75, 3.05) is 11.1 Å². The smallest absolute Gasteiger partial charge is 0.269 e. The molecule has 0 saturated heterocycles. The molecule has 0 unspecified atom stereocenters. The molecular formula is C18H15N5O5S2. The van der Waals surface area contributed by atoms with Crippen molar-refractivity contribution in [1.82, 2.24) is 9.97 Å². The van der Waals surface area contributed by atoms with Gasteiger partial charge < -0.3 is 5.32 Å². The van der Waals surface area contributed by atoms with Gasteiger partial charge in [-0.25, -0.2) is 23.5 Å². The monoisotopic (exact) mass is 445 g/mol. The van der Waals surface area contributed by atoms with Gasteiger partial charge in [-0.1, -0.05) is 11.8 Å². The molecule has 2 aromatic carbocycles. The lowest BCUT2D eigenvalue weighted by atomic mass is 10.1. The molecule has 0 aliphatic heterocycles. The molecule has 1 aromatic heterocycles. The first-order valence-electron chi connectivity index (χ1n) is 8.36. The molecule has 154 valence electrons. The number of sulfonamides is 1. The summed E-state index contributed by atoms with van der Waals surface area (Å²) >= 11 is 1.12. The Morgan fingerprint density at radius 3 is 2.37 bits per heavy atom. The summed E-state index contributed by atoms with van der Waals surface area (Å²) in [7, 11) is -3.77. The first-order valence-corrected chi connectivity index (χ1v) is 10.9. The van der Waals surface area contributed by atoms with Gasteiger partial charge in [-0.15, -0.1) is 0 Å². The van der Waals surface area contributed by atoms with Crippen LogP contribution in [0.2, 0.25) is 0 Å². The molecule has 0 spiro atoms. The van der Waals surface area contributed by atoms with Crippen molar-refractivity contribution in [3.05, 3.63) is 76.5 Å². The SMILES string of the molecule is NS(=O)(=O)c1ccc(Nc2ccnc(SCC(=O)c3ccc([N+](=O)[O-])cc3)n2)cc1. The van der Waals surface area contributed by atoms with Crippen LogP contribution in [0.5, 0.6) is 0 Å². The maximum Gasteiger partial charge on any atom is 0.269 e. The number of nitro benzene ring substituents is 1. The summed E-state index contributed by atoms with van der Waals surface area (Å²) in [5.74, 6) is 0.304. The average molecular weight is 445 g/mol. The Bertz CT molecular complexity index is 1180. The highest BCUT2D eigenvalue weighted by Gasteiger charge is 2.12. The molecule has 30 heavy (non-hydrogen) atoms. The van der Waals surface area contributed by atoms with Crippen molar-refractivity contribution in [3.63, 3.8) is 0 Å². The molecular weight excluding hydrogens is 430 g/mol. The quantitative estimate of drug-likeness (QED) is 0.175. The normalized spacial score (nSPS) is 11.1. The van der Waals surface area contributed by atoms with E-state index < -0.39 is 14.9 Å². The Hall–Kier alpha value is -3.35. The number of primary sulfonamides is 1. The molecule has 3 rings (SSSR count). The summed E-state index contributed by atoms with van der Waals surface area (Å²) in [5, 5.41) is 19.1. The largest absolute Gasteiger partial charge is 0.340 e. The fraction of sp³-hybridized carbons (Fsp3) is 0.0556.